The van der Waals surface area contributed by atoms with Gasteiger partial charge in [-0.25, -0.2) is 17.5 Å². The standard InChI is InChI=1S/C13H19FN2O3S/c1-9-5-6-11(14)10(7-9)12(17)15-8-13(2,3)16-20(4,18)19/h5-7,16H,8H2,1-4H3,(H,15,17). The van der Waals surface area contributed by atoms with Crippen molar-refractivity contribution in [2.45, 2.75) is 26.3 Å². The molecule has 0 saturated heterocycles. The highest BCUT2D eigenvalue weighted by molar-refractivity contribution is 7.88. The summed E-state index contributed by atoms with van der Waals surface area (Å²) in [6.07, 6.45) is 1.04. The molecule has 1 amide bonds. The number of rotatable bonds is 5. The first-order valence-corrected chi connectivity index (χ1v) is 7.93. The summed E-state index contributed by atoms with van der Waals surface area (Å²) in [5, 5.41) is 2.52. The molecule has 7 heteroatoms. The maximum atomic E-state index is 13.5. The number of hydrogen-bond acceptors (Lipinski definition) is 3. The molecule has 1 rings (SSSR count). The van der Waals surface area contributed by atoms with Crippen molar-refractivity contribution in [1.82, 2.24) is 10.0 Å². The van der Waals surface area contributed by atoms with Crippen molar-refractivity contribution in [2.24, 2.45) is 0 Å². The number of carbonyl (C=O) groups excluding carboxylic acids is 1. The number of halogens is 1. The Labute approximate surface area is 118 Å². The van der Waals surface area contributed by atoms with E-state index in [-0.39, 0.29) is 12.1 Å². The lowest BCUT2D eigenvalue weighted by molar-refractivity contribution is 0.0940. The predicted molar refractivity (Wildman–Crippen MR) is 75.5 cm³/mol. The van der Waals surface area contributed by atoms with E-state index < -0.39 is 27.3 Å². The molecule has 0 heterocycles. The van der Waals surface area contributed by atoms with E-state index >= 15 is 0 Å². The van der Waals surface area contributed by atoms with E-state index in [1.807, 2.05) is 0 Å². The van der Waals surface area contributed by atoms with Gasteiger partial charge in [0.1, 0.15) is 5.82 Å². The summed E-state index contributed by atoms with van der Waals surface area (Å²) in [5.74, 6) is -1.18. The number of aryl methyl sites for hydroxylation is 1. The van der Waals surface area contributed by atoms with Crippen LogP contribution in [0, 0.1) is 12.7 Å². The van der Waals surface area contributed by atoms with Crippen LogP contribution in [0.15, 0.2) is 18.2 Å². The Bertz CT molecular complexity index is 612. The molecule has 5 nitrogen and oxygen atoms in total. The molecule has 20 heavy (non-hydrogen) atoms. The molecular formula is C13H19FN2O3S. The van der Waals surface area contributed by atoms with Crippen molar-refractivity contribution in [1.29, 1.82) is 0 Å². The summed E-state index contributed by atoms with van der Waals surface area (Å²) < 4.78 is 38.3. The van der Waals surface area contributed by atoms with Gasteiger partial charge in [0.15, 0.2) is 0 Å². The van der Waals surface area contributed by atoms with E-state index in [2.05, 4.69) is 10.0 Å². The van der Waals surface area contributed by atoms with Crippen LogP contribution in [0.2, 0.25) is 0 Å². The third-order valence-electron chi connectivity index (χ3n) is 2.52. The molecule has 1 aromatic carbocycles. The maximum Gasteiger partial charge on any atom is 0.254 e. The summed E-state index contributed by atoms with van der Waals surface area (Å²) in [6.45, 7) is 5.06. The second kappa shape index (κ2) is 5.88. The molecule has 0 fully saturated rings. The van der Waals surface area contributed by atoms with Gasteiger partial charge in [0, 0.05) is 12.1 Å². The quantitative estimate of drug-likeness (QED) is 0.858. The lowest BCUT2D eigenvalue weighted by atomic mass is 10.1. The number of hydrogen-bond donors (Lipinski definition) is 2. The van der Waals surface area contributed by atoms with Gasteiger partial charge in [-0.15, -0.1) is 0 Å². The number of amides is 1. The minimum absolute atomic E-state index is 0.0479. The Hall–Kier alpha value is -1.47. The van der Waals surface area contributed by atoms with E-state index in [0.29, 0.717) is 0 Å². The van der Waals surface area contributed by atoms with Crippen molar-refractivity contribution >= 4 is 15.9 Å². The van der Waals surface area contributed by atoms with Gasteiger partial charge < -0.3 is 5.32 Å². The van der Waals surface area contributed by atoms with Gasteiger partial charge in [-0.3, -0.25) is 4.79 Å². The Morgan fingerprint density at radius 1 is 1.35 bits per heavy atom. The fourth-order valence-corrected chi connectivity index (χ4v) is 2.82. The molecule has 0 spiro atoms. The average Bonchev–Trinajstić information content (AvgIpc) is 2.26. The molecule has 0 aromatic heterocycles. The highest BCUT2D eigenvalue weighted by Gasteiger charge is 2.23. The van der Waals surface area contributed by atoms with Crippen LogP contribution in [-0.2, 0) is 10.0 Å². The molecule has 0 saturated carbocycles. The second-order valence-electron chi connectivity index (χ2n) is 5.42. The minimum Gasteiger partial charge on any atom is -0.350 e. The van der Waals surface area contributed by atoms with E-state index in [1.165, 1.54) is 12.1 Å². The Balaban J connectivity index is 2.75. The van der Waals surface area contributed by atoms with Crippen LogP contribution >= 0.6 is 0 Å². The topological polar surface area (TPSA) is 75.3 Å². The summed E-state index contributed by atoms with van der Waals surface area (Å²) in [7, 11) is -3.38. The smallest absolute Gasteiger partial charge is 0.254 e. The van der Waals surface area contributed by atoms with Gasteiger partial charge in [0.25, 0.3) is 5.91 Å². The van der Waals surface area contributed by atoms with Gasteiger partial charge in [-0.1, -0.05) is 11.6 Å². The lowest BCUT2D eigenvalue weighted by Gasteiger charge is -2.25. The monoisotopic (exact) mass is 302 g/mol. The zero-order valence-corrected chi connectivity index (χ0v) is 12.8. The van der Waals surface area contributed by atoms with Gasteiger partial charge in [-0.2, -0.15) is 0 Å². The molecule has 2 N–H and O–H groups in total. The highest BCUT2D eigenvalue weighted by atomic mass is 32.2. The van der Waals surface area contributed by atoms with Gasteiger partial charge in [-0.05, 0) is 32.9 Å². The first kappa shape index (κ1) is 16.6. The average molecular weight is 302 g/mol. The molecule has 0 aliphatic rings. The van der Waals surface area contributed by atoms with E-state index in [1.54, 1.807) is 26.8 Å². The van der Waals surface area contributed by atoms with Crippen LogP contribution in [0.5, 0.6) is 0 Å². The zero-order valence-electron chi connectivity index (χ0n) is 12.0. The Morgan fingerprint density at radius 2 is 1.95 bits per heavy atom. The molecule has 0 bridgehead atoms. The number of benzene rings is 1. The molecule has 0 unspecified atom stereocenters. The fraction of sp³-hybridized carbons (Fsp3) is 0.462. The van der Waals surface area contributed by atoms with Crippen molar-refractivity contribution in [3.63, 3.8) is 0 Å². The third-order valence-corrected chi connectivity index (χ3v) is 3.44. The molecule has 0 aliphatic heterocycles. The van der Waals surface area contributed by atoms with Crippen LogP contribution in [0.25, 0.3) is 0 Å². The van der Waals surface area contributed by atoms with Crippen molar-refractivity contribution in [3.05, 3.63) is 35.1 Å². The van der Waals surface area contributed by atoms with Crippen LogP contribution in [0.3, 0.4) is 0 Å². The largest absolute Gasteiger partial charge is 0.350 e. The molecule has 0 aliphatic carbocycles. The third kappa shape index (κ3) is 5.26. The van der Waals surface area contributed by atoms with Crippen LogP contribution in [0.4, 0.5) is 4.39 Å². The zero-order chi connectivity index (χ0) is 15.6. The van der Waals surface area contributed by atoms with E-state index in [4.69, 9.17) is 0 Å². The highest BCUT2D eigenvalue weighted by Crippen LogP contribution is 2.10. The van der Waals surface area contributed by atoms with Crippen molar-refractivity contribution < 1.29 is 17.6 Å². The van der Waals surface area contributed by atoms with Crippen molar-refractivity contribution in [3.8, 4) is 0 Å². The summed E-state index contributed by atoms with van der Waals surface area (Å²) in [4.78, 5) is 11.9. The van der Waals surface area contributed by atoms with Crippen LogP contribution in [0.1, 0.15) is 29.8 Å². The molecular weight excluding hydrogens is 283 g/mol. The Morgan fingerprint density at radius 3 is 2.50 bits per heavy atom. The molecule has 0 radical (unpaired) electrons. The molecule has 0 atom stereocenters. The Kier molecular flexibility index (Phi) is 4.88. The normalized spacial score (nSPS) is 12.2. The van der Waals surface area contributed by atoms with E-state index in [0.717, 1.165) is 11.8 Å². The predicted octanol–water partition coefficient (Wildman–Crippen LogP) is 1.19. The molecule has 112 valence electrons. The SMILES string of the molecule is Cc1ccc(F)c(C(=O)NCC(C)(C)NS(C)(=O)=O)c1. The van der Waals surface area contributed by atoms with E-state index in [9.17, 15) is 17.6 Å². The first-order valence-electron chi connectivity index (χ1n) is 6.03. The number of carbonyl (C=O) groups is 1. The van der Waals surface area contributed by atoms with Crippen LogP contribution < -0.4 is 10.0 Å². The summed E-state index contributed by atoms with van der Waals surface area (Å²) in [6, 6.07) is 4.24. The van der Waals surface area contributed by atoms with Gasteiger partial charge >= 0.3 is 0 Å². The second-order valence-corrected chi connectivity index (χ2v) is 7.17. The van der Waals surface area contributed by atoms with Gasteiger partial charge in [0.05, 0.1) is 11.8 Å². The van der Waals surface area contributed by atoms with Gasteiger partial charge in [0.2, 0.25) is 10.0 Å². The maximum absolute atomic E-state index is 13.5. The lowest BCUT2D eigenvalue weighted by Crippen LogP contribution is -2.51. The number of nitrogens with one attached hydrogen (secondary N) is 2. The molecule has 1 aromatic rings. The van der Waals surface area contributed by atoms with Crippen molar-refractivity contribution in [2.75, 3.05) is 12.8 Å². The minimum atomic E-state index is -3.38. The summed E-state index contributed by atoms with van der Waals surface area (Å²) in [5.41, 5.74) is -0.144. The van der Waals surface area contributed by atoms with Crippen LogP contribution in [-0.4, -0.2) is 32.7 Å². The first-order chi connectivity index (χ1) is 9.00. The summed E-state index contributed by atoms with van der Waals surface area (Å²) >= 11 is 0. The fourth-order valence-electron chi connectivity index (χ4n) is 1.75. The number of sulfonamides is 1.